The quantitative estimate of drug-likeness (QED) is 0.603. The van der Waals surface area contributed by atoms with Crippen molar-refractivity contribution in [3.05, 3.63) is 60.2 Å². The summed E-state index contributed by atoms with van der Waals surface area (Å²) >= 11 is 0. The summed E-state index contributed by atoms with van der Waals surface area (Å²) in [6.07, 6.45) is 0. The van der Waals surface area contributed by atoms with Crippen molar-refractivity contribution in [1.29, 1.82) is 0 Å². The van der Waals surface area contributed by atoms with E-state index in [1.54, 1.807) is 0 Å². The molecule has 0 aliphatic heterocycles. The fourth-order valence-electron chi connectivity index (χ4n) is 1.99. The van der Waals surface area contributed by atoms with Crippen molar-refractivity contribution in [3.8, 4) is 0 Å². The predicted octanol–water partition coefficient (Wildman–Crippen LogP) is 3.14. The first kappa shape index (κ1) is 12.5. The third kappa shape index (κ3) is 2.66. The lowest BCUT2D eigenvalue weighted by Crippen LogP contribution is -2.19. The summed E-state index contributed by atoms with van der Waals surface area (Å²) in [4.78, 5) is 14.1. The lowest BCUT2D eigenvalue weighted by atomic mass is 10.0. The molecule has 0 aliphatic rings. The van der Waals surface area contributed by atoms with E-state index in [-0.39, 0.29) is 5.78 Å². The average Bonchev–Trinajstić information content (AvgIpc) is 2.36. The first-order chi connectivity index (χ1) is 8.58. The van der Waals surface area contributed by atoms with E-state index in [1.807, 2.05) is 61.5 Å². The van der Waals surface area contributed by atoms with Gasteiger partial charge in [-0.05, 0) is 30.9 Å². The molecule has 0 N–H and O–H groups in total. The molecule has 0 heterocycles. The Kier molecular flexibility index (Phi) is 3.58. The third-order valence-corrected chi connectivity index (χ3v) is 2.84. The SMILES string of the molecule is C=C(CN(C)C)C(=O)c1ccc2ccccc2c1. The smallest absolute Gasteiger partial charge is 0.189 e. The minimum atomic E-state index is 0.0226. The molecule has 0 atom stereocenters. The van der Waals surface area contributed by atoms with Crippen molar-refractivity contribution >= 4 is 16.6 Å². The molecule has 0 fully saturated rings. The zero-order valence-corrected chi connectivity index (χ0v) is 10.8. The molecule has 0 saturated heterocycles. The lowest BCUT2D eigenvalue weighted by Gasteiger charge is -2.11. The Balaban J connectivity index is 2.31. The van der Waals surface area contributed by atoms with Gasteiger partial charge in [-0.3, -0.25) is 4.79 Å². The molecule has 0 aromatic heterocycles. The Hall–Kier alpha value is -1.93. The minimum absolute atomic E-state index is 0.0226. The van der Waals surface area contributed by atoms with Crippen LogP contribution in [0.3, 0.4) is 0 Å². The normalized spacial score (nSPS) is 10.8. The monoisotopic (exact) mass is 239 g/mol. The van der Waals surface area contributed by atoms with Gasteiger partial charge in [0.25, 0.3) is 0 Å². The third-order valence-electron chi connectivity index (χ3n) is 2.84. The van der Waals surface area contributed by atoms with Crippen LogP contribution < -0.4 is 0 Å². The molecular formula is C16H17NO. The van der Waals surface area contributed by atoms with Gasteiger partial charge in [0.15, 0.2) is 5.78 Å². The zero-order chi connectivity index (χ0) is 13.1. The Morgan fingerprint density at radius 2 is 1.78 bits per heavy atom. The molecule has 2 aromatic carbocycles. The van der Waals surface area contributed by atoms with Gasteiger partial charge in [0.2, 0.25) is 0 Å². The highest BCUT2D eigenvalue weighted by molar-refractivity contribution is 6.10. The number of benzene rings is 2. The number of fused-ring (bicyclic) bond motifs is 1. The second-order valence-electron chi connectivity index (χ2n) is 4.73. The van der Waals surface area contributed by atoms with Gasteiger partial charge in [-0.1, -0.05) is 43.0 Å². The van der Waals surface area contributed by atoms with E-state index < -0.39 is 0 Å². The molecule has 18 heavy (non-hydrogen) atoms. The maximum absolute atomic E-state index is 12.2. The number of nitrogens with zero attached hydrogens (tertiary/aromatic N) is 1. The number of carbonyl (C=O) groups is 1. The van der Waals surface area contributed by atoms with Gasteiger partial charge in [-0.2, -0.15) is 0 Å². The highest BCUT2D eigenvalue weighted by atomic mass is 16.1. The number of carbonyl (C=O) groups excluding carboxylic acids is 1. The summed E-state index contributed by atoms with van der Waals surface area (Å²) in [5.74, 6) is 0.0226. The Morgan fingerprint density at radius 1 is 1.11 bits per heavy atom. The van der Waals surface area contributed by atoms with Crippen LogP contribution in [-0.2, 0) is 0 Å². The molecule has 0 radical (unpaired) electrons. The topological polar surface area (TPSA) is 20.3 Å². The Bertz CT molecular complexity index is 599. The highest BCUT2D eigenvalue weighted by Gasteiger charge is 2.11. The van der Waals surface area contributed by atoms with Crippen molar-refractivity contribution in [2.75, 3.05) is 20.6 Å². The molecule has 92 valence electrons. The summed E-state index contributed by atoms with van der Waals surface area (Å²) in [6.45, 7) is 4.45. The summed E-state index contributed by atoms with van der Waals surface area (Å²) in [6, 6.07) is 13.8. The molecule has 2 aromatic rings. The molecule has 2 heteroatoms. The van der Waals surface area contributed by atoms with Gasteiger partial charge in [0.05, 0.1) is 0 Å². The molecule has 0 bridgehead atoms. The van der Waals surface area contributed by atoms with Gasteiger partial charge >= 0.3 is 0 Å². The van der Waals surface area contributed by atoms with Crippen LogP contribution in [0.5, 0.6) is 0 Å². The standard InChI is InChI=1S/C16H17NO/c1-12(11-17(2)3)16(18)15-9-8-13-6-4-5-7-14(13)10-15/h4-10H,1,11H2,2-3H3. The number of ketones is 1. The van der Waals surface area contributed by atoms with E-state index in [2.05, 4.69) is 6.58 Å². The molecule has 2 nitrogen and oxygen atoms in total. The number of Topliss-reactive ketones (excluding diaryl/α,β-unsaturated/α-hetero) is 1. The summed E-state index contributed by atoms with van der Waals surface area (Å²) < 4.78 is 0. The summed E-state index contributed by atoms with van der Waals surface area (Å²) in [5, 5.41) is 2.23. The Morgan fingerprint density at radius 3 is 2.44 bits per heavy atom. The van der Waals surface area contributed by atoms with Crippen LogP contribution in [0.2, 0.25) is 0 Å². The van der Waals surface area contributed by atoms with Crippen LogP contribution in [0.25, 0.3) is 10.8 Å². The van der Waals surface area contributed by atoms with Crippen LogP contribution in [0.1, 0.15) is 10.4 Å². The van der Waals surface area contributed by atoms with E-state index in [0.717, 1.165) is 10.8 Å². The van der Waals surface area contributed by atoms with Crippen molar-refractivity contribution in [1.82, 2.24) is 4.90 Å². The number of hydrogen-bond donors (Lipinski definition) is 0. The van der Waals surface area contributed by atoms with E-state index in [1.165, 1.54) is 0 Å². The van der Waals surface area contributed by atoms with E-state index in [4.69, 9.17) is 0 Å². The van der Waals surface area contributed by atoms with Crippen LogP contribution in [0, 0.1) is 0 Å². The van der Waals surface area contributed by atoms with Gasteiger partial charge in [0, 0.05) is 17.7 Å². The van der Waals surface area contributed by atoms with Crippen LogP contribution in [-0.4, -0.2) is 31.3 Å². The predicted molar refractivity (Wildman–Crippen MR) is 76.0 cm³/mol. The summed E-state index contributed by atoms with van der Waals surface area (Å²) in [7, 11) is 3.86. The fourth-order valence-corrected chi connectivity index (χ4v) is 1.99. The average molecular weight is 239 g/mol. The number of hydrogen-bond acceptors (Lipinski definition) is 2. The van der Waals surface area contributed by atoms with E-state index >= 15 is 0 Å². The maximum Gasteiger partial charge on any atom is 0.189 e. The van der Waals surface area contributed by atoms with Gasteiger partial charge < -0.3 is 4.90 Å². The van der Waals surface area contributed by atoms with Gasteiger partial charge in [-0.15, -0.1) is 0 Å². The second kappa shape index (κ2) is 5.15. The number of rotatable bonds is 4. The molecule has 0 aliphatic carbocycles. The van der Waals surface area contributed by atoms with Crippen LogP contribution in [0.15, 0.2) is 54.6 Å². The van der Waals surface area contributed by atoms with Crippen LogP contribution >= 0.6 is 0 Å². The first-order valence-electron chi connectivity index (χ1n) is 5.94. The molecule has 0 saturated carbocycles. The molecule has 0 spiro atoms. The van der Waals surface area contributed by atoms with Gasteiger partial charge in [0.1, 0.15) is 0 Å². The zero-order valence-electron chi connectivity index (χ0n) is 10.8. The molecule has 0 amide bonds. The lowest BCUT2D eigenvalue weighted by molar-refractivity contribution is 0.102. The van der Waals surface area contributed by atoms with Crippen molar-refractivity contribution in [3.63, 3.8) is 0 Å². The summed E-state index contributed by atoms with van der Waals surface area (Å²) in [5.41, 5.74) is 1.33. The van der Waals surface area contributed by atoms with Gasteiger partial charge in [-0.25, -0.2) is 0 Å². The molecule has 0 unspecified atom stereocenters. The molecule has 2 rings (SSSR count). The second-order valence-corrected chi connectivity index (χ2v) is 4.73. The van der Waals surface area contributed by atoms with Crippen molar-refractivity contribution in [2.24, 2.45) is 0 Å². The van der Waals surface area contributed by atoms with E-state index in [9.17, 15) is 4.79 Å². The Labute approximate surface area is 108 Å². The first-order valence-corrected chi connectivity index (χ1v) is 5.94. The molecular weight excluding hydrogens is 222 g/mol. The van der Waals surface area contributed by atoms with Crippen molar-refractivity contribution < 1.29 is 4.79 Å². The van der Waals surface area contributed by atoms with E-state index in [0.29, 0.717) is 17.7 Å². The van der Waals surface area contributed by atoms with Crippen LogP contribution in [0.4, 0.5) is 0 Å². The number of likely N-dealkylation sites (N-methyl/N-ethyl adjacent to an activating group) is 1. The van der Waals surface area contributed by atoms with Crippen molar-refractivity contribution in [2.45, 2.75) is 0 Å². The maximum atomic E-state index is 12.2. The fraction of sp³-hybridized carbons (Fsp3) is 0.188. The largest absolute Gasteiger partial charge is 0.305 e. The highest BCUT2D eigenvalue weighted by Crippen LogP contribution is 2.17. The minimum Gasteiger partial charge on any atom is -0.305 e.